The molecule has 3 rings (SSSR count). The Bertz CT molecular complexity index is 1250. The van der Waals surface area contributed by atoms with E-state index >= 15 is 0 Å². The summed E-state index contributed by atoms with van der Waals surface area (Å²) in [4.78, 5) is 3.90. The smallest absolute Gasteiger partial charge is 0.229 e. The Morgan fingerprint density at radius 1 is 1.04 bits per heavy atom. The fourth-order valence-electron chi connectivity index (χ4n) is 3.02. The third-order valence-electron chi connectivity index (χ3n) is 4.07. The van der Waals surface area contributed by atoms with Crippen LogP contribution in [0.5, 0.6) is 0 Å². The van der Waals surface area contributed by atoms with E-state index in [2.05, 4.69) is 10.1 Å². The first-order valence-electron chi connectivity index (χ1n) is 8.01. The van der Waals surface area contributed by atoms with E-state index in [9.17, 15) is 16.8 Å². The Morgan fingerprint density at radius 2 is 1.70 bits per heavy atom. The van der Waals surface area contributed by atoms with E-state index < -0.39 is 25.3 Å². The molecule has 27 heavy (non-hydrogen) atoms. The van der Waals surface area contributed by atoms with E-state index in [-0.39, 0.29) is 10.1 Å². The van der Waals surface area contributed by atoms with Crippen LogP contribution in [-0.2, 0) is 25.3 Å². The van der Waals surface area contributed by atoms with Crippen molar-refractivity contribution in [2.45, 2.75) is 36.2 Å². The summed E-state index contributed by atoms with van der Waals surface area (Å²) in [6, 6.07) is 8.30. The summed E-state index contributed by atoms with van der Waals surface area (Å²) >= 11 is 0. The van der Waals surface area contributed by atoms with Gasteiger partial charge in [0.15, 0.2) is 0 Å². The van der Waals surface area contributed by atoms with Gasteiger partial charge >= 0.3 is 0 Å². The summed E-state index contributed by atoms with van der Waals surface area (Å²) in [5, 5.41) is 9.25. The lowest BCUT2D eigenvalue weighted by Crippen LogP contribution is -2.22. The maximum atomic E-state index is 12.1. The molecule has 0 spiro atoms. The molecule has 1 aromatic carbocycles. The molecule has 0 saturated heterocycles. The van der Waals surface area contributed by atoms with E-state index in [1.165, 1.54) is 16.8 Å². The first-order chi connectivity index (χ1) is 12.3. The number of rotatable bonds is 3. The van der Waals surface area contributed by atoms with Crippen LogP contribution in [0.1, 0.15) is 26.3 Å². The molecule has 0 aliphatic rings. The van der Waals surface area contributed by atoms with E-state index in [0.717, 1.165) is 6.26 Å². The molecule has 0 saturated carbocycles. The number of nitrogens with zero attached hydrogens (tertiary/aromatic N) is 3. The molecule has 2 N–H and O–H groups in total. The van der Waals surface area contributed by atoms with Gasteiger partial charge in [0.2, 0.25) is 19.9 Å². The lowest BCUT2D eigenvalue weighted by atomic mass is 9.83. The molecule has 0 atom stereocenters. The Labute approximate surface area is 158 Å². The van der Waals surface area contributed by atoms with Crippen molar-refractivity contribution in [3.63, 3.8) is 0 Å². The van der Waals surface area contributed by atoms with Crippen LogP contribution in [0.4, 0.5) is 0 Å². The summed E-state index contributed by atoms with van der Waals surface area (Å²) in [6.45, 7) is 5.65. The van der Waals surface area contributed by atoms with Crippen molar-refractivity contribution in [2.24, 2.45) is 5.14 Å². The number of fused-ring (bicyclic) bond motifs is 1. The summed E-state index contributed by atoms with van der Waals surface area (Å²) in [5.41, 5.74) is 1.72. The van der Waals surface area contributed by atoms with E-state index in [4.69, 9.17) is 5.14 Å². The molecule has 0 aliphatic heterocycles. The molecule has 3 aromatic rings. The van der Waals surface area contributed by atoms with Crippen LogP contribution in [0.15, 0.2) is 46.6 Å². The fourth-order valence-corrected chi connectivity index (χ4v) is 4.46. The van der Waals surface area contributed by atoms with Crippen molar-refractivity contribution in [3.05, 3.63) is 42.1 Å². The third kappa shape index (κ3) is 3.60. The van der Waals surface area contributed by atoms with Crippen LogP contribution < -0.4 is 5.14 Å². The number of nitrogens with two attached hydrogens (primary N) is 1. The van der Waals surface area contributed by atoms with Crippen LogP contribution in [0, 0.1) is 0 Å². The number of sulfone groups is 1. The van der Waals surface area contributed by atoms with Gasteiger partial charge in [-0.1, -0.05) is 32.9 Å². The molecule has 0 fully saturated rings. The molecule has 144 valence electrons. The zero-order chi connectivity index (χ0) is 20.2. The summed E-state index contributed by atoms with van der Waals surface area (Å²) < 4.78 is 49.4. The van der Waals surface area contributed by atoms with Crippen LogP contribution in [-0.4, -0.2) is 37.7 Å². The molecular weight excluding hydrogens is 388 g/mol. The van der Waals surface area contributed by atoms with E-state index in [0.29, 0.717) is 22.3 Å². The predicted octanol–water partition coefficient (Wildman–Crippen LogP) is 1.74. The molecular formula is C17H20N4O4S2. The zero-order valence-electron chi connectivity index (χ0n) is 15.3. The fraction of sp³-hybridized carbons (Fsp3) is 0.294. The normalized spacial score (nSPS) is 13.2. The van der Waals surface area contributed by atoms with Gasteiger partial charge in [0, 0.05) is 11.8 Å². The number of hydrogen-bond acceptors (Lipinski definition) is 6. The minimum Gasteiger partial charge on any atom is -0.229 e. The standard InChI is InChI=1S/C17H20N4O4S2/c1-17(2,3)15-12(6-5-7-14(15)27(18,24)25)13-9-8-11-10-19-16(20-21(11)13)26(4,22)23/h5-10H,1-4H3,(H2,18,24,25). The maximum absolute atomic E-state index is 12.1. The van der Waals surface area contributed by atoms with Gasteiger partial charge in [0.05, 0.1) is 22.3 Å². The Balaban J connectivity index is 2.42. The Morgan fingerprint density at radius 3 is 2.26 bits per heavy atom. The molecule has 10 heteroatoms. The van der Waals surface area contributed by atoms with E-state index in [1.807, 2.05) is 20.8 Å². The van der Waals surface area contributed by atoms with Gasteiger partial charge in [-0.05, 0) is 29.2 Å². The molecule has 0 amide bonds. The average molecular weight is 409 g/mol. The number of aromatic nitrogens is 3. The van der Waals surface area contributed by atoms with Gasteiger partial charge in [-0.2, -0.15) is 0 Å². The average Bonchev–Trinajstić information content (AvgIpc) is 2.94. The maximum Gasteiger partial charge on any atom is 0.265 e. The lowest BCUT2D eigenvalue weighted by Gasteiger charge is -2.25. The number of hydrogen-bond donors (Lipinski definition) is 1. The quantitative estimate of drug-likeness (QED) is 0.704. The van der Waals surface area contributed by atoms with Crippen molar-refractivity contribution in [1.82, 2.24) is 14.6 Å². The zero-order valence-corrected chi connectivity index (χ0v) is 17.0. The summed E-state index contributed by atoms with van der Waals surface area (Å²) in [7, 11) is -7.55. The first kappa shape index (κ1) is 19.5. The molecule has 0 bridgehead atoms. The minimum absolute atomic E-state index is 0.0276. The predicted molar refractivity (Wildman–Crippen MR) is 102 cm³/mol. The molecule has 8 nitrogen and oxygen atoms in total. The SMILES string of the molecule is CC(C)(C)c1c(-c2ccc3cnc(S(C)(=O)=O)nn23)cccc1S(N)(=O)=O. The van der Waals surface area contributed by atoms with Crippen LogP contribution >= 0.6 is 0 Å². The second-order valence-electron chi connectivity index (χ2n) is 7.34. The highest BCUT2D eigenvalue weighted by atomic mass is 32.2. The third-order valence-corrected chi connectivity index (χ3v) is 5.87. The summed E-state index contributed by atoms with van der Waals surface area (Å²) in [6.07, 6.45) is 2.44. The highest BCUT2D eigenvalue weighted by Gasteiger charge is 2.28. The van der Waals surface area contributed by atoms with Gasteiger partial charge < -0.3 is 0 Å². The molecule has 2 aromatic heterocycles. The molecule has 0 aliphatic carbocycles. The monoisotopic (exact) mass is 408 g/mol. The first-order valence-corrected chi connectivity index (χ1v) is 11.5. The number of benzene rings is 1. The highest BCUT2D eigenvalue weighted by Crippen LogP contribution is 2.37. The second-order valence-corrected chi connectivity index (χ2v) is 10.8. The molecule has 0 unspecified atom stereocenters. The van der Waals surface area contributed by atoms with Crippen LogP contribution in [0.2, 0.25) is 0 Å². The van der Waals surface area contributed by atoms with Gasteiger partial charge in [-0.3, -0.25) is 0 Å². The van der Waals surface area contributed by atoms with Gasteiger partial charge in [0.1, 0.15) is 0 Å². The summed E-state index contributed by atoms with van der Waals surface area (Å²) in [5.74, 6) is 0. The van der Waals surface area contributed by atoms with Crippen LogP contribution in [0.3, 0.4) is 0 Å². The number of primary sulfonamides is 1. The largest absolute Gasteiger partial charge is 0.265 e. The van der Waals surface area contributed by atoms with E-state index in [1.54, 1.807) is 24.3 Å². The Kier molecular flexibility index (Phi) is 4.41. The van der Waals surface area contributed by atoms with Crippen LogP contribution in [0.25, 0.3) is 16.8 Å². The van der Waals surface area contributed by atoms with Crippen molar-refractivity contribution in [3.8, 4) is 11.3 Å². The number of sulfonamides is 1. The topological polar surface area (TPSA) is 124 Å². The van der Waals surface area contributed by atoms with Gasteiger partial charge in [-0.15, -0.1) is 5.10 Å². The van der Waals surface area contributed by atoms with Crippen molar-refractivity contribution >= 4 is 25.4 Å². The van der Waals surface area contributed by atoms with Gasteiger partial charge in [-0.25, -0.2) is 31.5 Å². The molecule has 2 heterocycles. The Hall–Kier alpha value is -2.30. The van der Waals surface area contributed by atoms with Crippen molar-refractivity contribution in [1.29, 1.82) is 0 Å². The lowest BCUT2D eigenvalue weighted by molar-refractivity contribution is 0.563. The minimum atomic E-state index is -3.95. The molecule has 0 radical (unpaired) electrons. The second kappa shape index (κ2) is 6.11. The van der Waals surface area contributed by atoms with Crippen molar-refractivity contribution in [2.75, 3.05) is 6.26 Å². The van der Waals surface area contributed by atoms with Crippen molar-refractivity contribution < 1.29 is 16.8 Å². The highest BCUT2D eigenvalue weighted by molar-refractivity contribution is 7.90. The van der Waals surface area contributed by atoms with Gasteiger partial charge in [0.25, 0.3) is 5.16 Å².